The van der Waals surface area contributed by atoms with E-state index in [1.54, 1.807) is 13.2 Å². The second-order valence-corrected chi connectivity index (χ2v) is 8.18. The molecule has 4 heterocycles. The van der Waals surface area contributed by atoms with E-state index in [2.05, 4.69) is 20.3 Å². The summed E-state index contributed by atoms with van der Waals surface area (Å²) in [7, 11) is 1.65. The third-order valence-corrected chi connectivity index (χ3v) is 5.92. The van der Waals surface area contributed by atoms with Crippen molar-refractivity contribution >= 4 is 11.6 Å². The molecule has 0 atom stereocenters. The zero-order valence-electron chi connectivity index (χ0n) is 18.7. The summed E-state index contributed by atoms with van der Waals surface area (Å²) >= 11 is 0. The molecule has 1 saturated heterocycles. The maximum absolute atomic E-state index is 12.4. The summed E-state index contributed by atoms with van der Waals surface area (Å²) in [4.78, 5) is 19.4. The van der Waals surface area contributed by atoms with Crippen molar-refractivity contribution in [3.05, 3.63) is 71.9 Å². The summed E-state index contributed by atoms with van der Waals surface area (Å²) in [5.41, 5.74) is 2.71. The zero-order valence-corrected chi connectivity index (χ0v) is 18.7. The van der Waals surface area contributed by atoms with Crippen molar-refractivity contribution in [1.82, 2.24) is 24.8 Å². The lowest BCUT2D eigenvalue weighted by molar-refractivity contribution is 0.0920. The minimum absolute atomic E-state index is 0.190. The van der Waals surface area contributed by atoms with Gasteiger partial charge in [0, 0.05) is 18.7 Å². The quantitative estimate of drug-likeness (QED) is 0.447. The number of benzene rings is 1. The van der Waals surface area contributed by atoms with Gasteiger partial charge in [-0.3, -0.25) is 4.79 Å². The Hall–Kier alpha value is -3.65. The second-order valence-electron chi connectivity index (χ2n) is 8.18. The number of carbonyl (C=O) groups excluding carboxylic acids is 1. The van der Waals surface area contributed by atoms with Crippen LogP contribution in [0.3, 0.4) is 0 Å². The molecule has 4 aromatic rings. The van der Waals surface area contributed by atoms with Gasteiger partial charge in [0.05, 0.1) is 19.2 Å². The number of hydrogen-bond donors (Lipinski definition) is 1. The summed E-state index contributed by atoms with van der Waals surface area (Å²) in [5, 5.41) is 7.62. The van der Waals surface area contributed by atoms with Crippen LogP contribution in [0.2, 0.25) is 0 Å². The molecule has 0 saturated carbocycles. The van der Waals surface area contributed by atoms with Crippen molar-refractivity contribution in [3.8, 4) is 17.0 Å². The van der Waals surface area contributed by atoms with Crippen molar-refractivity contribution in [2.24, 2.45) is 0 Å². The number of ether oxygens (including phenoxy) is 1. The minimum Gasteiger partial charge on any atom is -0.497 e. The molecule has 5 rings (SSSR count). The first kappa shape index (κ1) is 21.2. The number of furan rings is 1. The van der Waals surface area contributed by atoms with Gasteiger partial charge in [-0.1, -0.05) is 6.07 Å². The smallest absolute Gasteiger partial charge is 0.287 e. The molecule has 0 spiro atoms. The maximum Gasteiger partial charge on any atom is 0.287 e. The standard InChI is InChI=1S/C25H27N5O3/c1-32-19-9-7-18(8-10-19)21-5-4-6-24-27-23(28-30(21)24)17-20-11-12-22(33-20)25(31)26-13-16-29-14-2-3-15-29/h4-12H,2-3,13-17H2,1H3,(H,26,31). The number of methoxy groups -OCH3 is 1. The van der Waals surface area contributed by atoms with E-state index in [0.717, 1.165) is 42.3 Å². The SMILES string of the molecule is COc1ccc(-c2cccc3nc(Cc4ccc(C(=O)NCCN5CCCC5)o4)nn23)cc1. The molecular formula is C25H27N5O3. The van der Waals surface area contributed by atoms with Gasteiger partial charge in [-0.2, -0.15) is 5.10 Å². The van der Waals surface area contributed by atoms with Gasteiger partial charge in [-0.25, -0.2) is 9.50 Å². The van der Waals surface area contributed by atoms with Crippen LogP contribution in [0.15, 0.2) is 59.0 Å². The van der Waals surface area contributed by atoms with Gasteiger partial charge in [-0.05, 0) is 74.5 Å². The van der Waals surface area contributed by atoms with E-state index in [1.165, 1.54) is 12.8 Å². The van der Waals surface area contributed by atoms with Gasteiger partial charge < -0.3 is 19.4 Å². The van der Waals surface area contributed by atoms with E-state index in [1.807, 2.05) is 53.0 Å². The average molecular weight is 446 g/mol. The highest BCUT2D eigenvalue weighted by Gasteiger charge is 2.16. The topological polar surface area (TPSA) is 84.9 Å². The Kier molecular flexibility index (Phi) is 6.08. The zero-order chi connectivity index (χ0) is 22.6. The number of amides is 1. The van der Waals surface area contributed by atoms with E-state index in [-0.39, 0.29) is 5.91 Å². The Bertz CT molecular complexity index is 1240. The lowest BCUT2D eigenvalue weighted by atomic mass is 10.1. The van der Waals surface area contributed by atoms with Crippen LogP contribution in [0.5, 0.6) is 5.75 Å². The lowest BCUT2D eigenvalue weighted by Gasteiger charge is -2.14. The minimum atomic E-state index is -0.190. The highest BCUT2D eigenvalue weighted by molar-refractivity contribution is 5.91. The molecule has 1 N–H and O–H groups in total. The molecule has 0 radical (unpaired) electrons. The van der Waals surface area contributed by atoms with Crippen molar-refractivity contribution in [1.29, 1.82) is 0 Å². The van der Waals surface area contributed by atoms with E-state index >= 15 is 0 Å². The Morgan fingerprint density at radius 1 is 1.09 bits per heavy atom. The third-order valence-electron chi connectivity index (χ3n) is 5.92. The van der Waals surface area contributed by atoms with E-state index < -0.39 is 0 Å². The fourth-order valence-electron chi connectivity index (χ4n) is 4.18. The molecule has 8 nitrogen and oxygen atoms in total. The van der Waals surface area contributed by atoms with Crippen LogP contribution >= 0.6 is 0 Å². The molecule has 8 heteroatoms. The van der Waals surface area contributed by atoms with E-state index in [4.69, 9.17) is 9.15 Å². The molecule has 3 aromatic heterocycles. The highest BCUT2D eigenvalue weighted by Crippen LogP contribution is 2.23. The normalized spacial score (nSPS) is 14.1. The van der Waals surface area contributed by atoms with Crippen LogP contribution < -0.4 is 10.1 Å². The fraction of sp³-hybridized carbons (Fsp3) is 0.320. The van der Waals surface area contributed by atoms with Gasteiger partial charge >= 0.3 is 0 Å². The summed E-state index contributed by atoms with van der Waals surface area (Å²) in [6, 6.07) is 17.2. The van der Waals surface area contributed by atoms with Crippen LogP contribution in [0.1, 0.15) is 35.0 Å². The van der Waals surface area contributed by atoms with Crippen LogP contribution in [0.4, 0.5) is 0 Å². The molecule has 0 unspecified atom stereocenters. The summed E-state index contributed by atoms with van der Waals surface area (Å²) in [5.74, 6) is 2.21. The summed E-state index contributed by atoms with van der Waals surface area (Å²) in [6.45, 7) is 3.73. The number of rotatable bonds is 8. The third kappa shape index (κ3) is 4.75. The van der Waals surface area contributed by atoms with Crippen molar-refractivity contribution in [2.75, 3.05) is 33.3 Å². The van der Waals surface area contributed by atoms with Crippen molar-refractivity contribution in [3.63, 3.8) is 0 Å². The van der Waals surface area contributed by atoms with Gasteiger partial charge in [0.25, 0.3) is 5.91 Å². The summed E-state index contributed by atoms with van der Waals surface area (Å²) in [6.07, 6.45) is 2.90. The van der Waals surface area contributed by atoms with Crippen molar-refractivity contribution in [2.45, 2.75) is 19.3 Å². The fourth-order valence-corrected chi connectivity index (χ4v) is 4.18. The molecule has 170 valence electrons. The molecule has 1 amide bonds. The summed E-state index contributed by atoms with van der Waals surface area (Å²) < 4.78 is 12.9. The molecule has 0 aliphatic carbocycles. The first-order chi connectivity index (χ1) is 16.2. The maximum atomic E-state index is 12.4. The number of pyridine rings is 1. The van der Waals surface area contributed by atoms with Crippen molar-refractivity contribution < 1.29 is 13.9 Å². The van der Waals surface area contributed by atoms with Gasteiger partial charge in [-0.15, -0.1) is 0 Å². The molecule has 0 bridgehead atoms. The monoisotopic (exact) mass is 445 g/mol. The second kappa shape index (κ2) is 9.46. The number of fused-ring (bicyclic) bond motifs is 1. The number of nitrogens with zero attached hydrogens (tertiary/aromatic N) is 4. The van der Waals surface area contributed by atoms with E-state index in [9.17, 15) is 4.79 Å². The Morgan fingerprint density at radius 2 is 1.91 bits per heavy atom. The lowest BCUT2D eigenvalue weighted by Crippen LogP contribution is -2.33. The first-order valence-corrected chi connectivity index (χ1v) is 11.3. The van der Waals surface area contributed by atoms with Crippen LogP contribution in [-0.2, 0) is 6.42 Å². The number of nitrogens with one attached hydrogen (secondary N) is 1. The van der Waals surface area contributed by atoms with Gasteiger partial charge in [0.15, 0.2) is 17.2 Å². The number of likely N-dealkylation sites (tertiary alicyclic amines) is 1. The first-order valence-electron chi connectivity index (χ1n) is 11.3. The Balaban J connectivity index is 1.26. The highest BCUT2D eigenvalue weighted by atomic mass is 16.5. The van der Waals surface area contributed by atoms with Gasteiger partial charge in [0.2, 0.25) is 0 Å². The molecule has 33 heavy (non-hydrogen) atoms. The molecule has 1 aliphatic heterocycles. The predicted molar refractivity (Wildman–Crippen MR) is 124 cm³/mol. The Labute approximate surface area is 192 Å². The molecular weight excluding hydrogens is 418 g/mol. The number of hydrogen-bond acceptors (Lipinski definition) is 6. The van der Waals surface area contributed by atoms with Crippen LogP contribution in [0, 0.1) is 0 Å². The predicted octanol–water partition coefficient (Wildman–Crippen LogP) is 3.41. The number of aromatic nitrogens is 3. The van der Waals surface area contributed by atoms with Crippen LogP contribution in [0.25, 0.3) is 16.9 Å². The number of carbonyl (C=O) groups is 1. The molecule has 1 fully saturated rings. The van der Waals surface area contributed by atoms with Gasteiger partial charge in [0.1, 0.15) is 11.5 Å². The largest absolute Gasteiger partial charge is 0.497 e. The molecule has 1 aromatic carbocycles. The molecule has 1 aliphatic rings. The van der Waals surface area contributed by atoms with E-state index in [0.29, 0.717) is 30.3 Å². The Morgan fingerprint density at radius 3 is 2.70 bits per heavy atom. The average Bonchev–Trinajstić information content (AvgIpc) is 3.60. The van der Waals surface area contributed by atoms with Crippen LogP contribution in [-0.4, -0.2) is 58.7 Å².